The minimum absolute atomic E-state index is 0.411. The number of para-hydroxylation sites is 1. The number of nitrogen functional groups attached to an aromatic ring is 1. The zero-order chi connectivity index (χ0) is 11.4. The van der Waals surface area contributed by atoms with E-state index in [1.54, 1.807) is 12.4 Å². The van der Waals surface area contributed by atoms with Crippen molar-refractivity contribution in [1.29, 1.82) is 0 Å². The molecular weight excluding hydrogens is 200 g/mol. The Labute approximate surface area is 94.5 Å². The summed E-state index contributed by atoms with van der Waals surface area (Å²) in [6.45, 7) is 2.11. The van der Waals surface area contributed by atoms with Gasteiger partial charge in [0.15, 0.2) is 11.6 Å². The fourth-order valence-corrected chi connectivity index (χ4v) is 1.52. The Balaban J connectivity index is 2.30. The summed E-state index contributed by atoms with van der Waals surface area (Å²) in [6, 6.07) is 8.08. The second-order valence-electron chi connectivity index (χ2n) is 3.43. The smallest absolute Gasteiger partial charge is 0.173 e. The number of hydrogen-bond acceptors (Lipinski definition) is 4. The Kier molecular flexibility index (Phi) is 3.00. The van der Waals surface area contributed by atoms with Gasteiger partial charge in [0.2, 0.25) is 0 Å². The lowest BCUT2D eigenvalue weighted by molar-refractivity contribution is 1.13. The van der Waals surface area contributed by atoms with E-state index < -0.39 is 0 Å². The summed E-state index contributed by atoms with van der Waals surface area (Å²) in [6.07, 6.45) is 4.16. The van der Waals surface area contributed by atoms with Crippen molar-refractivity contribution in [2.45, 2.75) is 13.3 Å². The fraction of sp³-hybridized carbons (Fsp3) is 0.167. The van der Waals surface area contributed by atoms with E-state index in [1.165, 1.54) is 5.56 Å². The van der Waals surface area contributed by atoms with Crippen molar-refractivity contribution in [3.05, 3.63) is 42.2 Å². The highest BCUT2D eigenvalue weighted by Gasteiger charge is 2.03. The summed E-state index contributed by atoms with van der Waals surface area (Å²) < 4.78 is 0. The van der Waals surface area contributed by atoms with Crippen molar-refractivity contribution in [2.24, 2.45) is 0 Å². The molecule has 0 aliphatic rings. The predicted octanol–water partition coefficient (Wildman–Crippen LogP) is 2.36. The molecule has 2 aromatic rings. The van der Waals surface area contributed by atoms with Crippen LogP contribution in [0.25, 0.3) is 0 Å². The number of aryl methyl sites for hydroxylation is 1. The van der Waals surface area contributed by atoms with Crippen LogP contribution in [0.4, 0.5) is 17.3 Å². The summed E-state index contributed by atoms with van der Waals surface area (Å²) in [4.78, 5) is 8.13. The van der Waals surface area contributed by atoms with Crippen LogP contribution in [-0.4, -0.2) is 9.97 Å². The molecule has 3 N–H and O–H groups in total. The molecule has 16 heavy (non-hydrogen) atoms. The summed E-state index contributed by atoms with van der Waals surface area (Å²) in [5.74, 6) is 1.01. The number of benzene rings is 1. The second-order valence-corrected chi connectivity index (χ2v) is 3.43. The van der Waals surface area contributed by atoms with Crippen LogP contribution in [0, 0.1) is 0 Å². The van der Waals surface area contributed by atoms with Gasteiger partial charge >= 0.3 is 0 Å². The maximum atomic E-state index is 5.72. The van der Waals surface area contributed by atoms with Crippen molar-refractivity contribution >= 4 is 17.3 Å². The van der Waals surface area contributed by atoms with E-state index in [1.807, 2.05) is 18.2 Å². The third kappa shape index (κ3) is 2.11. The molecular formula is C12H14N4. The van der Waals surface area contributed by atoms with Crippen LogP contribution in [-0.2, 0) is 6.42 Å². The van der Waals surface area contributed by atoms with Crippen molar-refractivity contribution in [3.63, 3.8) is 0 Å². The van der Waals surface area contributed by atoms with Gasteiger partial charge in [-0.2, -0.15) is 0 Å². The molecule has 1 heterocycles. The Morgan fingerprint density at radius 2 is 1.94 bits per heavy atom. The first-order valence-electron chi connectivity index (χ1n) is 5.22. The van der Waals surface area contributed by atoms with Crippen LogP contribution in [0.3, 0.4) is 0 Å². The van der Waals surface area contributed by atoms with Crippen LogP contribution < -0.4 is 11.1 Å². The lowest BCUT2D eigenvalue weighted by Crippen LogP contribution is -2.02. The molecule has 82 valence electrons. The average molecular weight is 214 g/mol. The Morgan fingerprint density at radius 1 is 1.19 bits per heavy atom. The Hall–Kier alpha value is -2.10. The zero-order valence-electron chi connectivity index (χ0n) is 9.14. The molecule has 0 radical (unpaired) electrons. The summed E-state index contributed by atoms with van der Waals surface area (Å²) in [5, 5.41) is 3.19. The average Bonchev–Trinajstić information content (AvgIpc) is 2.33. The number of aromatic nitrogens is 2. The molecule has 0 atom stereocenters. The number of nitrogens with two attached hydrogens (primary N) is 1. The predicted molar refractivity (Wildman–Crippen MR) is 65.5 cm³/mol. The maximum absolute atomic E-state index is 5.72. The van der Waals surface area contributed by atoms with Crippen molar-refractivity contribution in [2.75, 3.05) is 11.1 Å². The van der Waals surface area contributed by atoms with Crippen LogP contribution in [0.1, 0.15) is 12.5 Å². The van der Waals surface area contributed by atoms with Gasteiger partial charge in [0.1, 0.15) is 0 Å². The first kappa shape index (κ1) is 10.4. The molecule has 4 nitrogen and oxygen atoms in total. The molecule has 0 fully saturated rings. The van der Waals surface area contributed by atoms with Gasteiger partial charge < -0.3 is 11.1 Å². The van der Waals surface area contributed by atoms with E-state index in [4.69, 9.17) is 5.73 Å². The zero-order valence-corrected chi connectivity index (χ0v) is 9.14. The van der Waals surface area contributed by atoms with E-state index in [2.05, 4.69) is 28.3 Å². The molecule has 0 amide bonds. The van der Waals surface area contributed by atoms with Crippen LogP contribution >= 0.6 is 0 Å². The van der Waals surface area contributed by atoms with Gasteiger partial charge in [-0.15, -0.1) is 0 Å². The summed E-state index contributed by atoms with van der Waals surface area (Å²) in [7, 11) is 0. The quantitative estimate of drug-likeness (QED) is 0.823. The van der Waals surface area contributed by atoms with E-state index in [-0.39, 0.29) is 0 Å². The van der Waals surface area contributed by atoms with Gasteiger partial charge in [-0.1, -0.05) is 25.1 Å². The molecule has 1 aromatic carbocycles. The minimum atomic E-state index is 0.411. The third-order valence-electron chi connectivity index (χ3n) is 2.38. The van der Waals surface area contributed by atoms with Crippen molar-refractivity contribution < 1.29 is 0 Å². The van der Waals surface area contributed by atoms with E-state index >= 15 is 0 Å². The van der Waals surface area contributed by atoms with Gasteiger partial charge in [0.25, 0.3) is 0 Å². The number of anilines is 3. The highest BCUT2D eigenvalue weighted by molar-refractivity contribution is 5.67. The number of nitrogens with zero attached hydrogens (tertiary/aromatic N) is 2. The van der Waals surface area contributed by atoms with Crippen LogP contribution in [0.2, 0.25) is 0 Å². The van der Waals surface area contributed by atoms with E-state index in [0.29, 0.717) is 11.6 Å². The highest BCUT2D eigenvalue weighted by Crippen LogP contribution is 2.21. The van der Waals surface area contributed by atoms with Crippen LogP contribution in [0.5, 0.6) is 0 Å². The summed E-state index contributed by atoms with van der Waals surface area (Å²) >= 11 is 0. The molecule has 0 bridgehead atoms. The Bertz CT molecular complexity index is 482. The molecule has 0 aliphatic heterocycles. The number of hydrogen-bond donors (Lipinski definition) is 2. The third-order valence-corrected chi connectivity index (χ3v) is 2.38. The minimum Gasteiger partial charge on any atom is -0.381 e. The van der Waals surface area contributed by atoms with E-state index in [9.17, 15) is 0 Å². The molecule has 0 aliphatic carbocycles. The molecule has 0 unspecified atom stereocenters. The second kappa shape index (κ2) is 4.61. The molecule has 2 rings (SSSR count). The Morgan fingerprint density at radius 3 is 2.69 bits per heavy atom. The first-order chi connectivity index (χ1) is 7.81. The molecule has 4 heteroatoms. The van der Waals surface area contributed by atoms with E-state index in [0.717, 1.165) is 12.1 Å². The van der Waals surface area contributed by atoms with Gasteiger partial charge in [-0.25, -0.2) is 9.97 Å². The lowest BCUT2D eigenvalue weighted by Gasteiger charge is -2.10. The van der Waals surface area contributed by atoms with Crippen molar-refractivity contribution in [1.82, 2.24) is 9.97 Å². The lowest BCUT2D eigenvalue weighted by atomic mass is 10.1. The van der Waals surface area contributed by atoms with Gasteiger partial charge in [-0.05, 0) is 18.1 Å². The number of rotatable bonds is 3. The number of nitrogens with one attached hydrogen (secondary N) is 1. The molecule has 0 spiro atoms. The first-order valence-corrected chi connectivity index (χ1v) is 5.22. The molecule has 1 aromatic heterocycles. The largest absolute Gasteiger partial charge is 0.381 e. The van der Waals surface area contributed by atoms with Crippen LogP contribution in [0.15, 0.2) is 36.7 Å². The van der Waals surface area contributed by atoms with Crippen molar-refractivity contribution in [3.8, 4) is 0 Å². The fourth-order valence-electron chi connectivity index (χ4n) is 1.52. The summed E-state index contributed by atoms with van der Waals surface area (Å²) in [5.41, 5.74) is 7.98. The monoisotopic (exact) mass is 214 g/mol. The molecule has 0 saturated heterocycles. The standard InChI is InChI=1S/C12H14N4/c1-2-9-5-3-4-6-10(9)16-12-11(13)14-7-8-15-12/h3-8H,2H2,1H3,(H2,13,14)(H,15,16). The highest BCUT2D eigenvalue weighted by atomic mass is 15.1. The molecule has 0 saturated carbocycles. The van der Waals surface area contributed by atoms with Gasteiger partial charge in [0.05, 0.1) is 0 Å². The van der Waals surface area contributed by atoms with Gasteiger partial charge in [0, 0.05) is 18.1 Å². The topological polar surface area (TPSA) is 63.8 Å². The van der Waals surface area contributed by atoms with Gasteiger partial charge in [-0.3, -0.25) is 0 Å². The normalized spacial score (nSPS) is 10.1. The SMILES string of the molecule is CCc1ccccc1Nc1nccnc1N. The maximum Gasteiger partial charge on any atom is 0.173 e.